The Morgan fingerprint density at radius 2 is 0.654 bits per heavy atom. The van der Waals surface area contributed by atoms with Crippen molar-refractivity contribution in [1.29, 1.82) is 0 Å². The van der Waals surface area contributed by atoms with Gasteiger partial charge in [0.1, 0.15) is 73.2 Å². The number of ether oxygens (including phenoxy) is 6. The van der Waals surface area contributed by atoms with E-state index in [0.29, 0.717) is 12.8 Å². The molecule has 3 saturated heterocycles. The zero-order chi connectivity index (χ0) is 77.4. The van der Waals surface area contributed by atoms with Gasteiger partial charge in [0.25, 0.3) is 0 Å². The molecule has 12 N–H and O–H groups in total. The number of aliphatic hydroxyl groups is 11. The first-order valence-corrected chi connectivity index (χ1v) is 41.9. The molecule has 0 saturated carbocycles. The summed E-state index contributed by atoms with van der Waals surface area (Å²) in [6.07, 6.45) is 68.6. The number of unbranched alkanes of at least 4 members (excludes halogenated alkanes) is 29. The highest BCUT2D eigenvalue weighted by molar-refractivity contribution is 5.76. The number of amides is 1. The molecule has 614 valence electrons. The number of aliphatic hydroxyl groups excluding tert-OH is 11. The Kier molecular flexibility index (Phi) is 60.4. The van der Waals surface area contributed by atoms with E-state index in [2.05, 4.69) is 141 Å². The van der Waals surface area contributed by atoms with E-state index in [-0.39, 0.29) is 18.9 Å². The van der Waals surface area contributed by atoms with Crippen LogP contribution in [-0.4, -0.2) is 193 Å². The number of allylic oxidation sites excluding steroid dienone is 21. The zero-order valence-electron chi connectivity index (χ0n) is 65.8. The van der Waals surface area contributed by atoms with Gasteiger partial charge in [-0.1, -0.05) is 308 Å². The molecule has 17 atom stereocenters. The summed E-state index contributed by atoms with van der Waals surface area (Å²) in [4.78, 5) is 13.5. The Morgan fingerprint density at radius 3 is 1.05 bits per heavy atom. The van der Waals surface area contributed by atoms with Gasteiger partial charge in [0.2, 0.25) is 5.91 Å². The van der Waals surface area contributed by atoms with Crippen LogP contribution in [0, 0.1) is 0 Å². The lowest BCUT2D eigenvalue weighted by Crippen LogP contribution is -2.66. The third-order valence-electron chi connectivity index (χ3n) is 19.9. The number of nitrogens with one attached hydrogen (secondary N) is 1. The lowest BCUT2D eigenvalue weighted by Gasteiger charge is -2.48. The highest BCUT2D eigenvalue weighted by Gasteiger charge is 2.54. The minimum atomic E-state index is -1.99. The highest BCUT2D eigenvalue weighted by Crippen LogP contribution is 2.33. The Morgan fingerprint density at radius 1 is 0.346 bits per heavy atom. The van der Waals surface area contributed by atoms with Gasteiger partial charge in [0, 0.05) is 6.42 Å². The third-order valence-corrected chi connectivity index (χ3v) is 19.9. The SMILES string of the molecule is CC/C=C\C/C=C\C/C=C\C/C=C\C/C=C\C/C=C\C/C=C\C/C=C\C/C=C\CCCCCCCCCC(=O)NC(COC1OC(CO)C(OC2OC(CO)C(OC3OC(CO)C(O)C(O)C3O)C(O)C2O)C(O)C1O)C(O)/C=C/CC/C=C/CCCCCCCCCCCCCCCCCCCCCCC. The molecule has 3 fully saturated rings. The summed E-state index contributed by atoms with van der Waals surface area (Å²) < 4.78 is 34.4. The van der Waals surface area contributed by atoms with Gasteiger partial charge >= 0.3 is 0 Å². The van der Waals surface area contributed by atoms with Crippen molar-refractivity contribution in [3.8, 4) is 0 Å². The second kappa shape index (κ2) is 66.5. The standard InChI is InChI=1S/C88H149NO18/c1-3-5-7-9-11-13-15-17-19-21-23-25-27-29-31-32-33-34-35-36-37-38-40-42-44-46-48-50-52-54-56-58-60-62-64-66-76(94)89-71(72(93)65-63-61-59-57-55-53-51-49-47-45-43-41-39-30-28-26-24-22-20-18-16-14-12-10-8-6-4-2)70-102-86-82(100)79(97)84(74(68-91)104-86)107-88-83(101)80(98)85(75(69-92)105-88)106-87-81(99)78(96)77(95)73(67-90)103-87/h5,7,11,13,17,19,23,25,29,31,33-34,36-37,40,42,46,48,55,57,63,65,71-75,77-88,90-93,95-101H,3-4,6,8-10,12,14-16,18,20-22,24,26-28,30,32,35,38-39,41,43-45,47,49-54,56,58-62,64,66-70H2,1-2H3,(H,89,94)/b7-5-,13-11-,19-17-,25-23-,31-29-,34-33-,37-36-,42-40-,48-46-,57-55+,65-63+. The summed E-state index contributed by atoms with van der Waals surface area (Å²) in [5, 5.41) is 121. The topological polar surface area (TPSA) is 307 Å². The van der Waals surface area contributed by atoms with Crippen molar-refractivity contribution in [2.45, 2.75) is 388 Å². The molecule has 0 bridgehead atoms. The van der Waals surface area contributed by atoms with Gasteiger partial charge in [0.05, 0.1) is 38.6 Å². The maximum absolute atomic E-state index is 13.5. The molecule has 0 aliphatic carbocycles. The van der Waals surface area contributed by atoms with E-state index >= 15 is 0 Å². The molecule has 19 nitrogen and oxygen atoms in total. The first-order chi connectivity index (χ1) is 52.3. The average molecular weight is 1510 g/mol. The van der Waals surface area contributed by atoms with Crippen molar-refractivity contribution >= 4 is 5.91 Å². The molecule has 0 radical (unpaired) electrons. The monoisotopic (exact) mass is 1510 g/mol. The smallest absolute Gasteiger partial charge is 0.220 e. The molecular weight excluding hydrogens is 1360 g/mol. The fourth-order valence-corrected chi connectivity index (χ4v) is 13.3. The van der Waals surface area contributed by atoms with Gasteiger partial charge in [0.15, 0.2) is 18.9 Å². The Balaban J connectivity index is 1.38. The zero-order valence-corrected chi connectivity index (χ0v) is 65.8. The second-order valence-electron chi connectivity index (χ2n) is 29.2. The molecule has 0 aromatic carbocycles. The van der Waals surface area contributed by atoms with Crippen LogP contribution in [0.4, 0.5) is 0 Å². The number of carbonyl (C=O) groups is 1. The predicted octanol–water partition coefficient (Wildman–Crippen LogP) is 14.8. The van der Waals surface area contributed by atoms with Gasteiger partial charge in [-0.3, -0.25) is 4.79 Å². The summed E-state index contributed by atoms with van der Waals surface area (Å²) in [6.45, 7) is 1.61. The molecular formula is C88H149NO18. The van der Waals surface area contributed by atoms with Crippen LogP contribution in [0.1, 0.15) is 284 Å². The quantitative estimate of drug-likeness (QED) is 0.0199. The van der Waals surface area contributed by atoms with Crippen molar-refractivity contribution in [2.24, 2.45) is 0 Å². The fourth-order valence-electron chi connectivity index (χ4n) is 13.3. The van der Waals surface area contributed by atoms with Gasteiger partial charge < -0.3 is 89.9 Å². The van der Waals surface area contributed by atoms with E-state index in [9.17, 15) is 61.0 Å². The van der Waals surface area contributed by atoms with Gasteiger partial charge in [-0.15, -0.1) is 0 Å². The lowest BCUT2D eigenvalue weighted by atomic mass is 9.96. The molecule has 0 aromatic heterocycles. The van der Waals surface area contributed by atoms with Crippen LogP contribution < -0.4 is 5.32 Å². The van der Waals surface area contributed by atoms with Crippen molar-refractivity contribution < 1.29 is 89.4 Å². The lowest BCUT2D eigenvalue weighted by molar-refractivity contribution is -0.379. The number of carbonyl (C=O) groups excluding carboxylic acids is 1. The van der Waals surface area contributed by atoms with E-state index in [1.807, 2.05) is 6.08 Å². The highest BCUT2D eigenvalue weighted by atomic mass is 16.8. The van der Waals surface area contributed by atoms with Gasteiger partial charge in [-0.2, -0.15) is 0 Å². The van der Waals surface area contributed by atoms with Crippen LogP contribution in [-0.2, 0) is 33.2 Å². The van der Waals surface area contributed by atoms with Crippen molar-refractivity contribution in [3.63, 3.8) is 0 Å². The first kappa shape index (κ1) is 97.1. The minimum Gasteiger partial charge on any atom is -0.394 e. The molecule has 3 aliphatic heterocycles. The fraction of sp³-hybridized carbons (Fsp3) is 0.739. The second-order valence-corrected chi connectivity index (χ2v) is 29.2. The molecule has 3 aliphatic rings. The molecule has 107 heavy (non-hydrogen) atoms. The van der Waals surface area contributed by atoms with Crippen LogP contribution in [0.15, 0.2) is 134 Å². The predicted molar refractivity (Wildman–Crippen MR) is 429 cm³/mol. The Hall–Kier alpha value is -4.07. The normalized spacial score (nSPS) is 26.2. The average Bonchev–Trinajstić information content (AvgIpc) is 0.781. The van der Waals surface area contributed by atoms with E-state index < -0.39 is 124 Å². The molecule has 19 heteroatoms. The Bertz CT molecular complexity index is 2450. The number of hydrogen-bond donors (Lipinski definition) is 12. The summed E-state index contributed by atoms with van der Waals surface area (Å²) in [7, 11) is 0. The minimum absolute atomic E-state index is 0.214. The van der Waals surface area contributed by atoms with E-state index in [1.54, 1.807) is 6.08 Å². The van der Waals surface area contributed by atoms with Crippen molar-refractivity contribution in [2.75, 3.05) is 26.4 Å². The summed E-state index contributed by atoms with van der Waals surface area (Å²) in [5.74, 6) is -0.300. The van der Waals surface area contributed by atoms with Crippen LogP contribution in [0.5, 0.6) is 0 Å². The summed E-state index contributed by atoms with van der Waals surface area (Å²) in [5.41, 5.74) is 0. The first-order valence-electron chi connectivity index (χ1n) is 41.9. The maximum Gasteiger partial charge on any atom is 0.220 e. The van der Waals surface area contributed by atoms with Crippen molar-refractivity contribution in [3.05, 3.63) is 134 Å². The third kappa shape index (κ3) is 45.9. The van der Waals surface area contributed by atoms with E-state index in [4.69, 9.17) is 28.4 Å². The molecule has 3 heterocycles. The maximum atomic E-state index is 13.5. The van der Waals surface area contributed by atoms with E-state index in [1.165, 1.54) is 128 Å². The molecule has 0 aromatic rings. The summed E-state index contributed by atoms with van der Waals surface area (Å²) in [6, 6.07) is -1.01. The molecule has 3 rings (SSSR count). The molecule has 1 amide bonds. The summed E-state index contributed by atoms with van der Waals surface area (Å²) >= 11 is 0. The molecule has 0 spiro atoms. The van der Waals surface area contributed by atoms with Crippen LogP contribution in [0.2, 0.25) is 0 Å². The van der Waals surface area contributed by atoms with Gasteiger partial charge in [-0.05, 0) is 103 Å². The molecule has 17 unspecified atom stereocenters. The number of hydrogen-bond acceptors (Lipinski definition) is 18. The van der Waals surface area contributed by atoms with Crippen LogP contribution in [0.3, 0.4) is 0 Å². The van der Waals surface area contributed by atoms with Crippen LogP contribution >= 0.6 is 0 Å². The van der Waals surface area contributed by atoms with Crippen LogP contribution in [0.25, 0.3) is 0 Å². The Labute approximate surface area is 645 Å². The van der Waals surface area contributed by atoms with Gasteiger partial charge in [-0.25, -0.2) is 0 Å². The van der Waals surface area contributed by atoms with Crippen molar-refractivity contribution in [1.82, 2.24) is 5.32 Å². The van der Waals surface area contributed by atoms with E-state index in [0.717, 1.165) is 122 Å². The number of rotatable bonds is 65. The largest absolute Gasteiger partial charge is 0.394 e.